The molecular weight excluding hydrogens is 268 g/mol. The summed E-state index contributed by atoms with van der Waals surface area (Å²) in [4.78, 5) is 13.8. The zero-order valence-corrected chi connectivity index (χ0v) is 12.6. The number of aromatic nitrogens is 1. The van der Waals surface area contributed by atoms with Crippen LogP contribution in [0.3, 0.4) is 0 Å². The lowest BCUT2D eigenvalue weighted by Crippen LogP contribution is -2.44. The summed E-state index contributed by atoms with van der Waals surface area (Å²) in [7, 11) is 0. The third kappa shape index (κ3) is 2.99. The highest BCUT2D eigenvalue weighted by molar-refractivity contribution is 5.85. The van der Waals surface area contributed by atoms with Crippen molar-refractivity contribution in [3.8, 4) is 0 Å². The van der Waals surface area contributed by atoms with E-state index in [0.717, 1.165) is 39.1 Å². The Bertz CT molecular complexity index is 485. The molecule has 0 bridgehead atoms. The lowest BCUT2D eigenvalue weighted by atomic mass is 9.95. The van der Waals surface area contributed by atoms with Crippen LogP contribution >= 0.6 is 0 Å². The van der Waals surface area contributed by atoms with Gasteiger partial charge < -0.3 is 19.3 Å². The first-order valence-electron chi connectivity index (χ1n) is 7.88. The Hall–Kier alpha value is -1.33. The van der Waals surface area contributed by atoms with E-state index in [-0.39, 0.29) is 0 Å². The highest BCUT2D eigenvalue weighted by atomic mass is 16.5. The van der Waals surface area contributed by atoms with Crippen molar-refractivity contribution in [1.29, 1.82) is 0 Å². The Morgan fingerprint density at radius 2 is 2.14 bits per heavy atom. The van der Waals surface area contributed by atoms with E-state index < -0.39 is 5.97 Å². The van der Waals surface area contributed by atoms with Crippen molar-refractivity contribution in [2.75, 3.05) is 26.3 Å². The lowest BCUT2D eigenvalue weighted by molar-refractivity contribution is 0.0669. The van der Waals surface area contributed by atoms with Gasteiger partial charge in [0.25, 0.3) is 0 Å². The molecule has 1 N–H and O–H groups in total. The van der Waals surface area contributed by atoms with Gasteiger partial charge in [0.05, 0.1) is 6.61 Å². The minimum absolute atomic E-state index is 0.314. The molecule has 3 heterocycles. The van der Waals surface area contributed by atoms with Gasteiger partial charge in [-0.1, -0.05) is 0 Å². The molecule has 2 unspecified atom stereocenters. The van der Waals surface area contributed by atoms with Crippen molar-refractivity contribution in [3.63, 3.8) is 0 Å². The maximum Gasteiger partial charge on any atom is 0.352 e. The van der Waals surface area contributed by atoms with E-state index in [1.807, 2.05) is 16.8 Å². The van der Waals surface area contributed by atoms with E-state index in [2.05, 4.69) is 11.8 Å². The number of hydrogen-bond donors (Lipinski definition) is 1. The Morgan fingerprint density at radius 3 is 2.76 bits per heavy atom. The molecule has 1 aromatic rings. The molecule has 0 aliphatic carbocycles. The summed E-state index contributed by atoms with van der Waals surface area (Å²) in [6.07, 6.45) is 5.11. The highest BCUT2D eigenvalue weighted by Crippen LogP contribution is 2.29. The maximum atomic E-state index is 11.2. The molecule has 2 aliphatic rings. The first-order valence-corrected chi connectivity index (χ1v) is 7.88. The summed E-state index contributed by atoms with van der Waals surface area (Å²) in [5.74, 6) is -0.179. The quantitative estimate of drug-likeness (QED) is 0.925. The van der Waals surface area contributed by atoms with Crippen LogP contribution in [0.15, 0.2) is 18.3 Å². The van der Waals surface area contributed by atoms with E-state index in [0.29, 0.717) is 23.7 Å². The van der Waals surface area contributed by atoms with Crippen LogP contribution in [0.2, 0.25) is 0 Å². The molecule has 0 radical (unpaired) electrons. The Kier molecular flexibility index (Phi) is 4.31. The molecule has 0 spiro atoms. The number of rotatable bonds is 4. The van der Waals surface area contributed by atoms with Gasteiger partial charge in [-0.3, -0.25) is 0 Å². The molecule has 5 nitrogen and oxygen atoms in total. The zero-order chi connectivity index (χ0) is 14.8. The maximum absolute atomic E-state index is 11.2. The van der Waals surface area contributed by atoms with Crippen LogP contribution in [0, 0.1) is 5.92 Å². The number of piperidine rings is 1. The molecule has 2 fully saturated rings. The van der Waals surface area contributed by atoms with Gasteiger partial charge in [0, 0.05) is 38.0 Å². The molecule has 5 heteroatoms. The molecule has 1 aromatic heterocycles. The van der Waals surface area contributed by atoms with Crippen LogP contribution in [-0.2, 0) is 4.74 Å². The summed E-state index contributed by atoms with van der Waals surface area (Å²) in [6, 6.07) is 4.40. The van der Waals surface area contributed by atoms with Gasteiger partial charge in [0.15, 0.2) is 0 Å². The van der Waals surface area contributed by atoms with Gasteiger partial charge in [0.2, 0.25) is 0 Å². The van der Waals surface area contributed by atoms with E-state index in [4.69, 9.17) is 4.74 Å². The van der Waals surface area contributed by atoms with Crippen molar-refractivity contribution >= 4 is 5.97 Å². The van der Waals surface area contributed by atoms with Crippen molar-refractivity contribution in [2.24, 2.45) is 5.92 Å². The average Bonchev–Trinajstić information content (AvgIpc) is 3.18. The third-order valence-corrected chi connectivity index (χ3v) is 5.11. The van der Waals surface area contributed by atoms with E-state index in [1.54, 1.807) is 6.07 Å². The second-order valence-electron chi connectivity index (χ2n) is 6.24. The summed E-state index contributed by atoms with van der Waals surface area (Å²) in [5, 5.41) is 9.22. The standard InChI is InChI=1S/C16H24N2O3/c1-12(13-6-10-21-11-13)17-8-4-14(5-9-17)18-7-2-3-15(18)16(19)20/h2-3,7,12-14H,4-6,8-11H2,1H3,(H,19,20). The molecule has 0 saturated carbocycles. The van der Waals surface area contributed by atoms with Gasteiger partial charge in [0.1, 0.15) is 5.69 Å². The van der Waals surface area contributed by atoms with Crippen molar-refractivity contribution < 1.29 is 14.6 Å². The van der Waals surface area contributed by atoms with Crippen LogP contribution < -0.4 is 0 Å². The smallest absolute Gasteiger partial charge is 0.352 e. The molecule has 0 amide bonds. The topological polar surface area (TPSA) is 54.7 Å². The minimum atomic E-state index is -0.834. The normalized spacial score (nSPS) is 26.0. The number of nitrogens with zero attached hydrogens (tertiary/aromatic N) is 2. The second-order valence-corrected chi connectivity index (χ2v) is 6.24. The molecule has 2 atom stereocenters. The van der Waals surface area contributed by atoms with Crippen molar-refractivity contribution in [1.82, 2.24) is 9.47 Å². The number of carboxylic acids is 1. The molecule has 2 aliphatic heterocycles. The van der Waals surface area contributed by atoms with Crippen LogP contribution in [0.4, 0.5) is 0 Å². The number of likely N-dealkylation sites (tertiary alicyclic amines) is 1. The fraction of sp³-hybridized carbons (Fsp3) is 0.688. The summed E-state index contributed by atoms with van der Waals surface area (Å²) in [6.45, 7) is 6.18. The zero-order valence-electron chi connectivity index (χ0n) is 12.6. The molecule has 2 saturated heterocycles. The predicted octanol–water partition coefficient (Wildman–Crippen LogP) is 2.25. The fourth-order valence-electron chi connectivity index (χ4n) is 3.70. The second kappa shape index (κ2) is 6.20. The van der Waals surface area contributed by atoms with Crippen LogP contribution in [-0.4, -0.2) is 52.9 Å². The third-order valence-electron chi connectivity index (χ3n) is 5.11. The van der Waals surface area contributed by atoms with Crippen molar-refractivity contribution in [3.05, 3.63) is 24.0 Å². The summed E-state index contributed by atoms with van der Waals surface area (Å²) >= 11 is 0. The van der Waals surface area contributed by atoms with Gasteiger partial charge in [-0.05, 0) is 44.2 Å². The minimum Gasteiger partial charge on any atom is -0.477 e. The first-order chi connectivity index (χ1) is 10.2. The van der Waals surface area contributed by atoms with E-state index in [9.17, 15) is 9.90 Å². The molecule has 21 heavy (non-hydrogen) atoms. The van der Waals surface area contributed by atoms with Crippen molar-refractivity contribution in [2.45, 2.75) is 38.3 Å². The number of aromatic carboxylic acids is 1. The molecule has 116 valence electrons. The number of carbonyl (C=O) groups is 1. The van der Waals surface area contributed by atoms with Gasteiger partial charge in [-0.2, -0.15) is 0 Å². The lowest BCUT2D eigenvalue weighted by Gasteiger charge is -2.38. The molecule has 0 aromatic carbocycles. The number of ether oxygens (including phenoxy) is 1. The van der Waals surface area contributed by atoms with Crippen LogP contribution in [0.5, 0.6) is 0 Å². The largest absolute Gasteiger partial charge is 0.477 e. The SMILES string of the molecule is CC(C1CCOC1)N1CCC(n2cccc2C(=O)O)CC1. The monoisotopic (exact) mass is 292 g/mol. The molecular formula is C16H24N2O3. The first kappa shape index (κ1) is 14.6. The Balaban J connectivity index is 1.59. The number of hydrogen-bond acceptors (Lipinski definition) is 3. The van der Waals surface area contributed by atoms with Gasteiger partial charge in [-0.25, -0.2) is 4.79 Å². The fourth-order valence-corrected chi connectivity index (χ4v) is 3.70. The van der Waals surface area contributed by atoms with E-state index in [1.165, 1.54) is 6.42 Å². The van der Waals surface area contributed by atoms with Crippen LogP contribution in [0.1, 0.15) is 42.7 Å². The average molecular weight is 292 g/mol. The Labute approximate surface area is 125 Å². The Morgan fingerprint density at radius 1 is 1.38 bits per heavy atom. The van der Waals surface area contributed by atoms with Gasteiger partial charge >= 0.3 is 5.97 Å². The summed E-state index contributed by atoms with van der Waals surface area (Å²) < 4.78 is 7.43. The molecule has 3 rings (SSSR count). The number of carboxylic acid groups (broad SMARTS) is 1. The van der Waals surface area contributed by atoms with Crippen LogP contribution in [0.25, 0.3) is 0 Å². The highest BCUT2D eigenvalue weighted by Gasteiger charge is 2.30. The van der Waals surface area contributed by atoms with E-state index >= 15 is 0 Å². The summed E-state index contributed by atoms with van der Waals surface area (Å²) in [5.41, 5.74) is 0.408. The van der Waals surface area contributed by atoms with Gasteiger partial charge in [-0.15, -0.1) is 0 Å². The predicted molar refractivity (Wildman–Crippen MR) is 79.6 cm³/mol.